The normalized spacial score (nSPS) is 11.8. The van der Waals surface area contributed by atoms with Gasteiger partial charge in [-0.05, 0) is 24.6 Å². The summed E-state index contributed by atoms with van der Waals surface area (Å²) in [6, 6.07) is 3.08. The zero-order chi connectivity index (χ0) is 15.1. The molecule has 1 aromatic carbocycles. The van der Waals surface area contributed by atoms with Crippen LogP contribution in [0.4, 0.5) is 10.5 Å². The van der Waals surface area contributed by atoms with Gasteiger partial charge in [0.1, 0.15) is 6.04 Å². The Kier molecular flexibility index (Phi) is 6.61. The van der Waals surface area contributed by atoms with Crippen molar-refractivity contribution >= 4 is 40.9 Å². The fraction of sp³-hybridized carbons (Fsp3) is 0.385. The number of halogens is 2. The van der Waals surface area contributed by atoms with E-state index in [2.05, 4.69) is 10.6 Å². The lowest BCUT2D eigenvalue weighted by molar-refractivity contribution is -0.139. The van der Waals surface area contributed by atoms with Gasteiger partial charge in [-0.15, -0.1) is 0 Å². The summed E-state index contributed by atoms with van der Waals surface area (Å²) < 4.78 is 0. The van der Waals surface area contributed by atoms with Crippen LogP contribution in [0.25, 0.3) is 0 Å². The van der Waals surface area contributed by atoms with Crippen LogP contribution in [0.15, 0.2) is 18.2 Å². The number of carbonyl (C=O) groups excluding carboxylic acids is 1. The first-order valence-electron chi connectivity index (χ1n) is 6.19. The lowest BCUT2D eigenvalue weighted by Gasteiger charge is -2.15. The van der Waals surface area contributed by atoms with Crippen LogP contribution < -0.4 is 10.6 Å². The number of aliphatic carboxylic acids is 1. The van der Waals surface area contributed by atoms with Crippen LogP contribution in [0.3, 0.4) is 0 Å². The molecule has 1 aromatic rings. The van der Waals surface area contributed by atoms with Crippen molar-refractivity contribution in [2.45, 2.75) is 32.2 Å². The maximum absolute atomic E-state index is 11.8. The van der Waals surface area contributed by atoms with Crippen LogP contribution >= 0.6 is 23.2 Å². The van der Waals surface area contributed by atoms with Gasteiger partial charge in [-0.2, -0.15) is 0 Å². The van der Waals surface area contributed by atoms with Crippen molar-refractivity contribution in [2.24, 2.45) is 0 Å². The summed E-state index contributed by atoms with van der Waals surface area (Å²) in [5.41, 5.74) is 0.330. The van der Waals surface area contributed by atoms with Crippen molar-refractivity contribution in [3.8, 4) is 0 Å². The van der Waals surface area contributed by atoms with Gasteiger partial charge in [0.25, 0.3) is 0 Å². The van der Waals surface area contributed by atoms with Crippen LogP contribution in [-0.2, 0) is 4.79 Å². The highest BCUT2D eigenvalue weighted by molar-refractivity contribution is 6.35. The summed E-state index contributed by atoms with van der Waals surface area (Å²) in [6.45, 7) is 1.95. The number of carbonyl (C=O) groups is 2. The maximum atomic E-state index is 11.8. The first kappa shape index (κ1) is 16.6. The molecule has 0 saturated carbocycles. The standard InChI is InChI=1S/C13H16Cl2N2O3/c1-2-3-4-10(12(18)19)16-13(20)17-11-7-8(14)5-6-9(11)15/h5-7,10H,2-4H2,1H3,(H,18,19)(H2,16,17,20)/t10-/m0/s1. The molecular weight excluding hydrogens is 303 g/mol. The van der Waals surface area contributed by atoms with E-state index in [1.807, 2.05) is 6.92 Å². The molecule has 0 aliphatic carbocycles. The summed E-state index contributed by atoms with van der Waals surface area (Å²) in [7, 11) is 0. The van der Waals surface area contributed by atoms with Gasteiger partial charge in [-0.25, -0.2) is 9.59 Å². The molecule has 7 heteroatoms. The predicted octanol–water partition coefficient (Wildman–Crippen LogP) is 3.76. The molecule has 0 spiro atoms. The van der Waals surface area contributed by atoms with Crippen molar-refractivity contribution in [1.82, 2.24) is 5.32 Å². The quantitative estimate of drug-likeness (QED) is 0.747. The molecule has 0 aliphatic heterocycles. The molecule has 1 rings (SSSR count). The van der Waals surface area contributed by atoms with E-state index in [0.29, 0.717) is 22.2 Å². The highest BCUT2D eigenvalue weighted by atomic mass is 35.5. The van der Waals surface area contributed by atoms with Gasteiger partial charge in [-0.1, -0.05) is 43.0 Å². The first-order valence-corrected chi connectivity index (χ1v) is 6.95. The number of benzene rings is 1. The fourth-order valence-electron chi connectivity index (χ4n) is 1.58. The first-order chi connectivity index (χ1) is 9.43. The molecule has 110 valence electrons. The number of unbranched alkanes of at least 4 members (excludes halogenated alkanes) is 1. The topological polar surface area (TPSA) is 78.4 Å². The van der Waals surface area contributed by atoms with Gasteiger partial charge >= 0.3 is 12.0 Å². The van der Waals surface area contributed by atoms with Crippen molar-refractivity contribution in [3.63, 3.8) is 0 Å². The average molecular weight is 319 g/mol. The minimum Gasteiger partial charge on any atom is -0.480 e. The van der Waals surface area contributed by atoms with Crippen LogP contribution in [0.1, 0.15) is 26.2 Å². The van der Waals surface area contributed by atoms with E-state index in [0.717, 1.165) is 12.8 Å². The molecule has 0 unspecified atom stereocenters. The molecule has 3 N–H and O–H groups in total. The molecule has 0 saturated heterocycles. The summed E-state index contributed by atoms with van der Waals surface area (Å²) in [6.07, 6.45) is 1.95. The lowest BCUT2D eigenvalue weighted by Crippen LogP contribution is -2.43. The predicted molar refractivity (Wildman–Crippen MR) is 79.6 cm³/mol. The third kappa shape index (κ3) is 5.27. The Bertz CT molecular complexity index is 495. The Hall–Kier alpha value is -1.46. The molecule has 5 nitrogen and oxygen atoms in total. The van der Waals surface area contributed by atoms with Crippen molar-refractivity contribution < 1.29 is 14.7 Å². The van der Waals surface area contributed by atoms with E-state index in [9.17, 15) is 9.59 Å². The Morgan fingerprint density at radius 3 is 2.65 bits per heavy atom. The molecule has 0 radical (unpaired) electrons. The monoisotopic (exact) mass is 318 g/mol. The van der Waals surface area contributed by atoms with Crippen molar-refractivity contribution in [3.05, 3.63) is 28.2 Å². The minimum atomic E-state index is -1.06. The van der Waals surface area contributed by atoms with Gasteiger partial charge in [-0.3, -0.25) is 0 Å². The fourth-order valence-corrected chi connectivity index (χ4v) is 1.91. The van der Waals surface area contributed by atoms with E-state index in [1.54, 1.807) is 12.1 Å². The number of urea groups is 1. The highest BCUT2D eigenvalue weighted by Gasteiger charge is 2.19. The number of anilines is 1. The maximum Gasteiger partial charge on any atom is 0.326 e. The molecule has 1 atom stereocenters. The second-order valence-corrected chi connectivity index (χ2v) is 5.10. The number of amides is 2. The Balaban J connectivity index is 2.65. The summed E-state index contributed by atoms with van der Waals surface area (Å²) in [5.74, 6) is -1.06. The zero-order valence-corrected chi connectivity index (χ0v) is 12.5. The van der Waals surface area contributed by atoms with Gasteiger partial charge in [0.2, 0.25) is 0 Å². The Labute approximate surface area is 127 Å². The van der Waals surface area contributed by atoms with Gasteiger partial charge < -0.3 is 15.7 Å². The molecule has 0 aliphatic rings. The van der Waals surface area contributed by atoms with E-state index in [4.69, 9.17) is 28.3 Å². The third-order valence-electron chi connectivity index (χ3n) is 2.63. The molecule has 0 heterocycles. The van der Waals surface area contributed by atoms with E-state index in [-0.39, 0.29) is 0 Å². The molecular formula is C13H16Cl2N2O3. The van der Waals surface area contributed by atoms with Gasteiger partial charge in [0.15, 0.2) is 0 Å². The second-order valence-electron chi connectivity index (χ2n) is 4.26. The minimum absolute atomic E-state index is 0.324. The van der Waals surface area contributed by atoms with Gasteiger partial charge in [0, 0.05) is 5.02 Å². The molecule has 0 fully saturated rings. The number of carboxylic acid groups (broad SMARTS) is 1. The van der Waals surface area contributed by atoms with Crippen LogP contribution in [-0.4, -0.2) is 23.1 Å². The number of hydrogen-bond acceptors (Lipinski definition) is 2. The molecule has 0 bridgehead atoms. The third-order valence-corrected chi connectivity index (χ3v) is 3.19. The largest absolute Gasteiger partial charge is 0.480 e. The second kappa shape index (κ2) is 7.97. The summed E-state index contributed by atoms with van der Waals surface area (Å²) in [5, 5.41) is 14.6. The van der Waals surface area contributed by atoms with Crippen molar-refractivity contribution in [2.75, 3.05) is 5.32 Å². The SMILES string of the molecule is CCCC[C@H](NC(=O)Nc1cc(Cl)ccc1Cl)C(=O)O. The molecule has 20 heavy (non-hydrogen) atoms. The smallest absolute Gasteiger partial charge is 0.326 e. The number of hydrogen-bond donors (Lipinski definition) is 3. The van der Waals surface area contributed by atoms with E-state index < -0.39 is 18.0 Å². The number of nitrogens with one attached hydrogen (secondary N) is 2. The number of carboxylic acids is 1. The molecule has 0 aromatic heterocycles. The Morgan fingerprint density at radius 1 is 1.35 bits per heavy atom. The highest BCUT2D eigenvalue weighted by Crippen LogP contribution is 2.25. The summed E-state index contributed by atoms with van der Waals surface area (Å²) in [4.78, 5) is 22.8. The number of rotatable bonds is 6. The van der Waals surface area contributed by atoms with Crippen LogP contribution in [0, 0.1) is 0 Å². The van der Waals surface area contributed by atoms with Crippen molar-refractivity contribution in [1.29, 1.82) is 0 Å². The summed E-state index contributed by atoms with van der Waals surface area (Å²) >= 11 is 11.7. The van der Waals surface area contributed by atoms with Gasteiger partial charge in [0.05, 0.1) is 10.7 Å². The zero-order valence-electron chi connectivity index (χ0n) is 11.0. The van der Waals surface area contributed by atoms with E-state index in [1.165, 1.54) is 6.07 Å². The van der Waals surface area contributed by atoms with Crippen LogP contribution in [0.5, 0.6) is 0 Å². The Morgan fingerprint density at radius 2 is 2.05 bits per heavy atom. The van der Waals surface area contributed by atoms with Crippen LogP contribution in [0.2, 0.25) is 10.0 Å². The average Bonchev–Trinajstić information content (AvgIpc) is 2.38. The lowest BCUT2D eigenvalue weighted by atomic mass is 10.1. The molecule has 2 amide bonds. The van der Waals surface area contributed by atoms with E-state index >= 15 is 0 Å².